The molecule has 178 valence electrons. The summed E-state index contributed by atoms with van der Waals surface area (Å²) in [5.74, 6) is 0.411. The Balaban J connectivity index is 1.42. The van der Waals surface area contributed by atoms with Gasteiger partial charge in [0.1, 0.15) is 11.2 Å². The Morgan fingerprint density at radius 2 is 1.74 bits per heavy atom. The Morgan fingerprint density at radius 1 is 0.971 bits per heavy atom. The first-order chi connectivity index (χ1) is 17.0. The van der Waals surface area contributed by atoms with Crippen LogP contribution in [0.2, 0.25) is 0 Å². The number of pyridine rings is 2. The van der Waals surface area contributed by atoms with Crippen LogP contribution < -0.4 is 14.9 Å². The van der Waals surface area contributed by atoms with Crippen LogP contribution in [-0.4, -0.2) is 54.7 Å². The number of hydrogen-bond acceptors (Lipinski definition) is 9. The van der Waals surface area contributed by atoms with Gasteiger partial charge in [0.25, 0.3) is 10.0 Å². The maximum absolute atomic E-state index is 11.9. The third kappa shape index (κ3) is 5.20. The summed E-state index contributed by atoms with van der Waals surface area (Å²) < 4.78 is 31.6. The van der Waals surface area contributed by atoms with Crippen LogP contribution in [0.1, 0.15) is 0 Å². The number of nitrogens with zero attached hydrogens (tertiary/aromatic N) is 5. The third-order valence-corrected chi connectivity index (χ3v) is 6.44. The summed E-state index contributed by atoms with van der Waals surface area (Å²) in [7, 11) is -3.64. The molecule has 1 aliphatic rings. The van der Waals surface area contributed by atoms with Crippen molar-refractivity contribution in [1.29, 1.82) is 0 Å². The van der Waals surface area contributed by atoms with Crippen molar-refractivity contribution in [2.24, 2.45) is 0 Å². The van der Waals surface area contributed by atoms with Gasteiger partial charge in [-0.25, -0.2) is 18.4 Å². The second-order valence-corrected chi connectivity index (χ2v) is 9.43. The smallest absolute Gasteiger partial charge is 0.254 e. The molecule has 4 aromatic rings. The van der Waals surface area contributed by atoms with E-state index in [0.29, 0.717) is 28.5 Å². The Morgan fingerprint density at radius 3 is 2.51 bits per heavy atom. The molecule has 1 aromatic carbocycles. The van der Waals surface area contributed by atoms with E-state index in [-0.39, 0.29) is 0 Å². The second kappa shape index (κ2) is 9.65. The lowest BCUT2D eigenvalue weighted by atomic mass is 10.2. The number of fused-ring (bicyclic) bond motifs is 1. The van der Waals surface area contributed by atoms with Gasteiger partial charge in [0, 0.05) is 53.8 Å². The van der Waals surface area contributed by atoms with Crippen molar-refractivity contribution < 1.29 is 13.2 Å². The van der Waals surface area contributed by atoms with Crippen molar-refractivity contribution in [1.82, 2.24) is 19.9 Å². The molecule has 0 unspecified atom stereocenters. The van der Waals surface area contributed by atoms with E-state index in [4.69, 9.17) is 4.74 Å². The highest BCUT2D eigenvalue weighted by Gasteiger charge is 2.13. The van der Waals surface area contributed by atoms with Crippen molar-refractivity contribution in [2.75, 3.05) is 41.2 Å². The van der Waals surface area contributed by atoms with E-state index >= 15 is 0 Å². The number of benzene rings is 1. The number of morpholine rings is 1. The zero-order valence-corrected chi connectivity index (χ0v) is 19.6. The molecule has 0 amide bonds. The van der Waals surface area contributed by atoms with E-state index in [0.717, 1.165) is 48.5 Å². The maximum atomic E-state index is 11.9. The summed E-state index contributed by atoms with van der Waals surface area (Å²) in [6.07, 6.45) is 4.86. The van der Waals surface area contributed by atoms with Gasteiger partial charge < -0.3 is 15.0 Å². The molecule has 0 aliphatic carbocycles. The van der Waals surface area contributed by atoms with Gasteiger partial charge in [-0.3, -0.25) is 14.7 Å². The fourth-order valence-corrected chi connectivity index (χ4v) is 4.28. The third-order valence-electron chi connectivity index (χ3n) is 5.48. The zero-order valence-electron chi connectivity index (χ0n) is 18.8. The molecule has 3 aromatic heterocycles. The number of nitrogens with one attached hydrogen (secondary N) is 2. The minimum absolute atomic E-state index is 0.349. The van der Waals surface area contributed by atoms with E-state index in [9.17, 15) is 8.42 Å². The molecule has 35 heavy (non-hydrogen) atoms. The van der Waals surface area contributed by atoms with E-state index in [1.807, 2.05) is 18.2 Å². The SMILES string of the molecule is C=CS(=O)(=O)Nc1ccnc(-c2nccc3cnc(Nc4ccc(N5CCOCC5)cc4)nc23)c1. The minimum atomic E-state index is -3.64. The van der Waals surface area contributed by atoms with Gasteiger partial charge in [-0.15, -0.1) is 0 Å². The Kier molecular flexibility index (Phi) is 6.25. The van der Waals surface area contributed by atoms with Gasteiger partial charge >= 0.3 is 0 Å². The van der Waals surface area contributed by atoms with Crippen LogP contribution in [0.5, 0.6) is 0 Å². The van der Waals surface area contributed by atoms with Crippen LogP contribution in [-0.2, 0) is 14.8 Å². The summed E-state index contributed by atoms with van der Waals surface area (Å²) in [5, 5.41) is 4.87. The summed E-state index contributed by atoms with van der Waals surface area (Å²) in [6.45, 7) is 6.53. The Bertz CT molecular complexity index is 1470. The molecule has 0 atom stereocenters. The first-order valence-corrected chi connectivity index (χ1v) is 12.5. The normalized spacial score (nSPS) is 14.0. The molecule has 4 heterocycles. The number of hydrogen-bond donors (Lipinski definition) is 2. The molecule has 1 aliphatic heterocycles. The van der Waals surface area contributed by atoms with E-state index in [1.165, 1.54) is 6.20 Å². The summed E-state index contributed by atoms with van der Waals surface area (Å²) >= 11 is 0. The van der Waals surface area contributed by atoms with Crippen LogP contribution in [0, 0.1) is 0 Å². The van der Waals surface area contributed by atoms with Crippen molar-refractivity contribution in [2.45, 2.75) is 0 Å². The fraction of sp³-hybridized carbons (Fsp3) is 0.167. The highest BCUT2D eigenvalue weighted by Crippen LogP contribution is 2.27. The standard InChI is InChI=1S/C24H23N7O3S/c1-2-35(32,33)30-19-8-10-25-21(15-19)23-22-17(7-9-26-23)16-27-24(29-22)28-18-3-5-20(6-4-18)31-11-13-34-14-12-31/h2-10,15-16H,1,11-14H2,(H,25,30)(H,27,28,29). The van der Waals surface area contributed by atoms with Crippen LogP contribution in [0.25, 0.3) is 22.3 Å². The number of aromatic nitrogens is 4. The molecule has 0 saturated carbocycles. The predicted molar refractivity (Wildman–Crippen MR) is 136 cm³/mol. The Hall–Kier alpha value is -4.09. The number of rotatable bonds is 7. The van der Waals surface area contributed by atoms with Crippen LogP contribution >= 0.6 is 0 Å². The predicted octanol–water partition coefficient (Wildman–Crippen LogP) is 3.55. The van der Waals surface area contributed by atoms with Crippen LogP contribution in [0.15, 0.2) is 73.0 Å². The van der Waals surface area contributed by atoms with Gasteiger partial charge in [0.2, 0.25) is 5.95 Å². The average molecular weight is 490 g/mol. The molecule has 0 radical (unpaired) electrons. The minimum Gasteiger partial charge on any atom is -0.378 e. The van der Waals surface area contributed by atoms with Crippen molar-refractivity contribution in [3.63, 3.8) is 0 Å². The lowest BCUT2D eigenvalue weighted by molar-refractivity contribution is 0.122. The number of ether oxygens (including phenoxy) is 1. The van der Waals surface area contributed by atoms with Gasteiger partial charge in [-0.05, 0) is 42.5 Å². The monoisotopic (exact) mass is 489 g/mol. The number of sulfonamides is 1. The fourth-order valence-electron chi connectivity index (χ4n) is 3.74. The highest BCUT2D eigenvalue weighted by atomic mass is 32.2. The Labute approximate surface area is 202 Å². The van der Waals surface area contributed by atoms with Gasteiger partial charge in [0.15, 0.2) is 0 Å². The quantitative estimate of drug-likeness (QED) is 0.401. The van der Waals surface area contributed by atoms with Crippen molar-refractivity contribution >= 4 is 43.9 Å². The van der Waals surface area contributed by atoms with Gasteiger partial charge in [0.05, 0.1) is 24.6 Å². The van der Waals surface area contributed by atoms with Crippen LogP contribution in [0.3, 0.4) is 0 Å². The molecule has 5 rings (SSSR count). The topological polar surface area (TPSA) is 122 Å². The first kappa shape index (κ1) is 22.7. The van der Waals surface area contributed by atoms with Crippen molar-refractivity contribution in [3.8, 4) is 11.4 Å². The van der Waals surface area contributed by atoms with Gasteiger partial charge in [-0.2, -0.15) is 0 Å². The molecule has 10 nitrogen and oxygen atoms in total. The van der Waals surface area contributed by atoms with E-state index in [1.54, 1.807) is 24.5 Å². The summed E-state index contributed by atoms with van der Waals surface area (Å²) in [6, 6.07) is 13.0. The summed E-state index contributed by atoms with van der Waals surface area (Å²) in [4.78, 5) is 20.2. The molecule has 2 N–H and O–H groups in total. The largest absolute Gasteiger partial charge is 0.378 e. The van der Waals surface area contributed by atoms with E-state index < -0.39 is 10.0 Å². The van der Waals surface area contributed by atoms with Crippen LogP contribution in [0.4, 0.5) is 23.0 Å². The van der Waals surface area contributed by atoms with Gasteiger partial charge in [-0.1, -0.05) is 6.58 Å². The van der Waals surface area contributed by atoms with E-state index in [2.05, 4.69) is 53.6 Å². The maximum Gasteiger partial charge on any atom is 0.254 e. The second-order valence-electron chi connectivity index (χ2n) is 7.81. The first-order valence-electron chi connectivity index (χ1n) is 10.9. The highest BCUT2D eigenvalue weighted by molar-refractivity contribution is 7.95. The molecule has 11 heteroatoms. The average Bonchev–Trinajstić information content (AvgIpc) is 2.89. The lowest BCUT2D eigenvalue weighted by Gasteiger charge is -2.28. The molecule has 0 spiro atoms. The lowest BCUT2D eigenvalue weighted by Crippen LogP contribution is -2.36. The van der Waals surface area contributed by atoms with Crippen molar-refractivity contribution in [3.05, 3.63) is 73.0 Å². The molecule has 1 fully saturated rings. The molecular formula is C24H23N7O3S. The summed E-state index contributed by atoms with van der Waals surface area (Å²) in [5.41, 5.74) is 3.91. The number of anilines is 4. The molecular weight excluding hydrogens is 466 g/mol. The zero-order chi connectivity index (χ0) is 24.3. The molecule has 1 saturated heterocycles. The molecule has 0 bridgehead atoms.